The number of carboxylic acids is 1. The summed E-state index contributed by atoms with van der Waals surface area (Å²) in [5.74, 6) is -0.277. The summed E-state index contributed by atoms with van der Waals surface area (Å²) in [4.78, 5) is 26.9. The van der Waals surface area contributed by atoms with Crippen molar-refractivity contribution in [3.63, 3.8) is 0 Å². The number of carbonyl (C=O) groups is 2. The first-order chi connectivity index (χ1) is 11.5. The summed E-state index contributed by atoms with van der Waals surface area (Å²) in [7, 11) is 1.51. The molecule has 9 nitrogen and oxygen atoms in total. The van der Waals surface area contributed by atoms with E-state index in [0.29, 0.717) is 23.5 Å². The van der Waals surface area contributed by atoms with Crippen molar-refractivity contribution in [1.29, 1.82) is 0 Å². The Kier molecular flexibility index (Phi) is 4.07. The number of anilines is 1. The molecule has 0 saturated carbocycles. The minimum atomic E-state index is -1.05. The molecule has 1 aromatic heterocycles. The van der Waals surface area contributed by atoms with Crippen molar-refractivity contribution in [2.45, 2.75) is 26.0 Å². The SMILES string of the molecule is COc1cc(C(=O)Nc2ncn(CC(=O)O)n2)cc2c1OC(C)C2. The lowest BCUT2D eigenvalue weighted by Gasteiger charge is -2.10. The van der Waals surface area contributed by atoms with E-state index < -0.39 is 11.9 Å². The predicted molar refractivity (Wildman–Crippen MR) is 82.4 cm³/mol. The van der Waals surface area contributed by atoms with E-state index in [2.05, 4.69) is 15.4 Å². The maximum absolute atomic E-state index is 12.4. The van der Waals surface area contributed by atoms with Gasteiger partial charge in [-0.05, 0) is 19.1 Å². The van der Waals surface area contributed by atoms with Gasteiger partial charge in [-0.1, -0.05) is 0 Å². The molecule has 0 saturated heterocycles. The first-order valence-electron chi connectivity index (χ1n) is 7.26. The van der Waals surface area contributed by atoms with Crippen LogP contribution in [0.25, 0.3) is 0 Å². The fraction of sp³-hybridized carbons (Fsp3) is 0.333. The molecule has 1 aliphatic rings. The van der Waals surface area contributed by atoms with Crippen LogP contribution >= 0.6 is 0 Å². The van der Waals surface area contributed by atoms with Crippen LogP contribution in [0, 0.1) is 0 Å². The van der Waals surface area contributed by atoms with Gasteiger partial charge in [0.15, 0.2) is 11.5 Å². The Labute approximate surface area is 137 Å². The summed E-state index contributed by atoms with van der Waals surface area (Å²) in [6.45, 7) is 1.61. The largest absolute Gasteiger partial charge is 0.493 e. The minimum Gasteiger partial charge on any atom is -0.493 e. The summed E-state index contributed by atoms with van der Waals surface area (Å²) >= 11 is 0. The molecule has 9 heteroatoms. The number of carboxylic acid groups (broad SMARTS) is 1. The smallest absolute Gasteiger partial charge is 0.325 e. The number of fused-ring (bicyclic) bond motifs is 1. The number of aliphatic carboxylic acids is 1. The molecular weight excluding hydrogens is 316 g/mol. The number of ether oxygens (including phenoxy) is 2. The quantitative estimate of drug-likeness (QED) is 0.837. The van der Waals surface area contributed by atoms with Crippen molar-refractivity contribution >= 4 is 17.8 Å². The molecule has 2 aromatic rings. The molecule has 1 aromatic carbocycles. The predicted octanol–water partition coefficient (Wildman–Crippen LogP) is 0.947. The monoisotopic (exact) mass is 332 g/mol. The molecule has 2 N–H and O–H groups in total. The first-order valence-corrected chi connectivity index (χ1v) is 7.26. The summed E-state index contributed by atoms with van der Waals surface area (Å²) in [5.41, 5.74) is 1.29. The highest BCUT2D eigenvalue weighted by Crippen LogP contribution is 2.39. The van der Waals surface area contributed by atoms with Crippen molar-refractivity contribution in [2.24, 2.45) is 0 Å². The third kappa shape index (κ3) is 3.14. The Morgan fingerprint density at radius 3 is 3.00 bits per heavy atom. The highest BCUT2D eigenvalue weighted by molar-refractivity contribution is 6.04. The lowest BCUT2D eigenvalue weighted by Crippen LogP contribution is -2.14. The number of amides is 1. The molecule has 3 rings (SSSR count). The molecule has 0 radical (unpaired) electrons. The molecule has 1 aliphatic heterocycles. The topological polar surface area (TPSA) is 116 Å². The van der Waals surface area contributed by atoms with Crippen LogP contribution in [0.3, 0.4) is 0 Å². The van der Waals surface area contributed by atoms with E-state index in [0.717, 1.165) is 10.2 Å². The zero-order chi connectivity index (χ0) is 17.3. The second-order valence-corrected chi connectivity index (χ2v) is 5.41. The Morgan fingerprint density at radius 2 is 2.29 bits per heavy atom. The van der Waals surface area contributed by atoms with E-state index in [1.807, 2.05) is 6.92 Å². The summed E-state index contributed by atoms with van der Waals surface area (Å²) in [5, 5.41) is 15.1. The van der Waals surface area contributed by atoms with E-state index in [-0.39, 0.29) is 18.6 Å². The molecule has 24 heavy (non-hydrogen) atoms. The third-order valence-corrected chi connectivity index (χ3v) is 3.50. The van der Waals surface area contributed by atoms with Crippen LogP contribution in [-0.2, 0) is 17.8 Å². The number of aromatic nitrogens is 3. The second-order valence-electron chi connectivity index (χ2n) is 5.41. The van der Waals surface area contributed by atoms with Crippen LogP contribution in [0.4, 0.5) is 5.95 Å². The average Bonchev–Trinajstić information content (AvgIpc) is 3.10. The number of nitrogens with one attached hydrogen (secondary N) is 1. The maximum Gasteiger partial charge on any atom is 0.325 e. The number of hydrogen-bond acceptors (Lipinski definition) is 6. The molecule has 126 valence electrons. The highest BCUT2D eigenvalue weighted by atomic mass is 16.5. The van der Waals surface area contributed by atoms with Gasteiger partial charge in [-0.15, -0.1) is 5.10 Å². The Bertz CT molecular complexity index is 801. The van der Waals surface area contributed by atoms with E-state index in [1.54, 1.807) is 12.1 Å². The molecule has 0 aliphatic carbocycles. The van der Waals surface area contributed by atoms with Gasteiger partial charge >= 0.3 is 5.97 Å². The minimum absolute atomic E-state index is 0.0283. The van der Waals surface area contributed by atoms with Crippen molar-refractivity contribution in [2.75, 3.05) is 12.4 Å². The molecule has 0 bridgehead atoms. The van der Waals surface area contributed by atoms with Crippen LogP contribution in [0.15, 0.2) is 18.5 Å². The van der Waals surface area contributed by atoms with Gasteiger partial charge in [-0.2, -0.15) is 0 Å². The maximum atomic E-state index is 12.4. The van der Waals surface area contributed by atoms with E-state index >= 15 is 0 Å². The van der Waals surface area contributed by atoms with Crippen LogP contribution < -0.4 is 14.8 Å². The number of benzene rings is 1. The van der Waals surface area contributed by atoms with Gasteiger partial charge in [0.2, 0.25) is 5.95 Å². The molecule has 1 amide bonds. The van der Waals surface area contributed by atoms with E-state index in [9.17, 15) is 9.59 Å². The normalized spacial score (nSPS) is 15.5. The standard InChI is InChI=1S/C15H16N4O5/c1-8-3-9-4-10(5-11(23-2)13(9)24-8)14(22)17-15-16-7-19(18-15)6-12(20)21/h4-5,7-8H,3,6H2,1-2H3,(H,20,21)(H,17,18,22). The van der Waals surface area contributed by atoms with Gasteiger partial charge in [-0.25, -0.2) is 9.67 Å². The van der Waals surface area contributed by atoms with Gasteiger partial charge < -0.3 is 14.6 Å². The summed E-state index contributed by atoms with van der Waals surface area (Å²) in [6, 6.07) is 3.32. The van der Waals surface area contributed by atoms with Crippen LogP contribution in [-0.4, -0.2) is 45.0 Å². The van der Waals surface area contributed by atoms with Gasteiger partial charge in [0.25, 0.3) is 5.91 Å². The molecule has 0 fully saturated rings. The number of hydrogen-bond donors (Lipinski definition) is 2. The Hall–Kier alpha value is -3.10. The van der Waals surface area contributed by atoms with Crippen molar-refractivity contribution in [1.82, 2.24) is 14.8 Å². The zero-order valence-corrected chi connectivity index (χ0v) is 13.1. The number of nitrogens with zero attached hydrogens (tertiary/aromatic N) is 3. The van der Waals surface area contributed by atoms with Crippen molar-refractivity contribution < 1.29 is 24.2 Å². The molecule has 1 atom stereocenters. The molecule has 2 heterocycles. The first kappa shape index (κ1) is 15.8. The van der Waals surface area contributed by atoms with Crippen LogP contribution in [0.2, 0.25) is 0 Å². The third-order valence-electron chi connectivity index (χ3n) is 3.50. The summed E-state index contributed by atoms with van der Waals surface area (Å²) in [6.07, 6.45) is 1.96. The summed E-state index contributed by atoms with van der Waals surface area (Å²) < 4.78 is 12.1. The lowest BCUT2D eigenvalue weighted by molar-refractivity contribution is -0.137. The fourth-order valence-electron chi connectivity index (χ4n) is 2.52. The van der Waals surface area contributed by atoms with Crippen LogP contribution in [0.5, 0.6) is 11.5 Å². The van der Waals surface area contributed by atoms with Crippen molar-refractivity contribution in [3.8, 4) is 11.5 Å². The van der Waals surface area contributed by atoms with Gasteiger partial charge in [0.05, 0.1) is 7.11 Å². The lowest BCUT2D eigenvalue weighted by atomic mass is 10.1. The second kappa shape index (κ2) is 6.19. The van der Waals surface area contributed by atoms with Gasteiger partial charge in [0.1, 0.15) is 19.0 Å². The van der Waals surface area contributed by atoms with E-state index in [1.165, 1.54) is 13.4 Å². The molecule has 0 spiro atoms. The Balaban J connectivity index is 1.79. The Morgan fingerprint density at radius 1 is 1.50 bits per heavy atom. The number of methoxy groups -OCH3 is 1. The highest BCUT2D eigenvalue weighted by Gasteiger charge is 2.25. The van der Waals surface area contributed by atoms with Gasteiger partial charge in [-0.3, -0.25) is 14.9 Å². The molecule has 1 unspecified atom stereocenters. The van der Waals surface area contributed by atoms with Crippen molar-refractivity contribution in [3.05, 3.63) is 29.6 Å². The van der Waals surface area contributed by atoms with E-state index in [4.69, 9.17) is 14.6 Å². The zero-order valence-electron chi connectivity index (χ0n) is 13.1. The number of rotatable bonds is 5. The van der Waals surface area contributed by atoms with Gasteiger partial charge in [0, 0.05) is 17.5 Å². The fourth-order valence-corrected chi connectivity index (χ4v) is 2.52. The van der Waals surface area contributed by atoms with Crippen LogP contribution in [0.1, 0.15) is 22.8 Å². The number of carbonyl (C=O) groups excluding carboxylic acids is 1. The average molecular weight is 332 g/mol. The molecular formula is C15H16N4O5.